The summed E-state index contributed by atoms with van der Waals surface area (Å²) < 4.78 is 0.659. The Kier molecular flexibility index (Phi) is 4.79. The van der Waals surface area contributed by atoms with E-state index in [1.54, 1.807) is 11.0 Å². The van der Waals surface area contributed by atoms with Crippen molar-refractivity contribution in [3.05, 3.63) is 32.8 Å². The van der Waals surface area contributed by atoms with Crippen molar-refractivity contribution in [1.82, 2.24) is 4.90 Å². The van der Waals surface area contributed by atoms with Crippen LogP contribution in [-0.4, -0.2) is 53.1 Å². The van der Waals surface area contributed by atoms with Gasteiger partial charge in [-0.05, 0) is 28.9 Å². The van der Waals surface area contributed by atoms with Gasteiger partial charge in [0.05, 0.1) is 10.6 Å². The number of aliphatic hydroxyl groups is 1. The maximum Gasteiger partial charge on any atom is 0.270 e. The molecule has 0 aliphatic carbocycles. The third-order valence-corrected chi connectivity index (χ3v) is 4.07. The monoisotopic (exact) mass is 357 g/mol. The van der Waals surface area contributed by atoms with Gasteiger partial charge >= 0.3 is 0 Å². The Morgan fingerprint density at radius 3 is 2.48 bits per heavy atom. The molecule has 1 amide bonds. The second-order valence-corrected chi connectivity index (χ2v) is 5.74. The van der Waals surface area contributed by atoms with Crippen LogP contribution in [0.3, 0.4) is 0 Å². The van der Waals surface area contributed by atoms with Crippen LogP contribution in [0.25, 0.3) is 0 Å². The zero-order chi connectivity index (χ0) is 15.6. The van der Waals surface area contributed by atoms with E-state index in [0.29, 0.717) is 30.7 Å². The average Bonchev–Trinajstić information content (AvgIpc) is 2.46. The van der Waals surface area contributed by atoms with Crippen molar-refractivity contribution in [3.8, 4) is 0 Å². The third kappa shape index (κ3) is 3.51. The van der Waals surface area contributed by atoms with E-state index in [0.717, 1.165) is 5.69 Å². The Labute approximate surface area is 130 Å². The predicted molar refractivity (Wildman–Crippen MR) is 81.3 cm³/mol. The summed E-state index contributed by atoms with van der Waals surface area (Å²) in [5.74, 6) is -0.266. The van der Waals surface area contributed by atoms with Gasteiger partial charge in [0.15, 0.2) is 0 Å². The van der Waals surface area contributed by atoms with Crippen molar-refractivity contribution in [2.24, 2.45) is 0 Å². The van der Waals surface area contributed by atoms with E-state index >= 15 is 0 Å². The molecule has 114 valence electrons. The number of halogens is 1. The molecule has 0 saturated carbocycles. The van der Waals surface area contributed by atoms with E-state index in [1.165, 1.54) is 19.1 Å². The first-order valence-corrected chi connectivity index (χ1v) is 7.35. The molecule has 0 aromatic heterocycles. The normalized spacial score (nSPS) is 16.7. The fraction of sp³-hybridized carbons (Fsp3) is 0.462. The summed E-state index contributed by atoms with van der Waals surface area (Å²) in [7, 11) is 0. The number of nitro groups is 1. The lowest BCUT2D eigenvalue weighted by Crippen LogP contribution is -2.51. The van der Waals surface area contributed by atoms with Crippen molar-refractivity contribution in [2.75, 3.05) is 31.1 Å². The zero-order valence-electron chi connectivity index (χ0n) is 11.5. The summed E-state index contributed by atoms with van der Waals surface area (Å²) in [6.45, 7) is 3.74. The van der Waals surface area contributed by atoms with Crippen LogP contribution in [0.5, 0.6) is 0 Å². The number of rotatable bonds is 3. The van der Waals surface area contributed by atoms with E-state index in [-0.39, 0.29) is 11.6 Å². The fourth-order valence-corrected chi connectivity index (χ4v) is 2.92. The Balaban J connectivity index is 2.06. The number of hydrogen-bond acceptors (Lipinski definition) is 5. The van der Waals surface area contributed by atoms with Crippen LogP contribution in [0.2, 0.25) is 0 Å². The molecule has 7 nitrogen and oxygen atoms in total. The van der Waals surface area contributed by atoms with Crippen LogP contribution in [0.1, 0.15) is 6.92 Å². The van der Waals surface area contributed by atoms with Gasteiger partial charge in [-0.3, -0.25) is 14.9 Å². The molecule has 1 atom stereocenters. The maximum absolute atomic E-state index is 11.7. The Morgan fingerprint density at radius 1 is 1.38 bits per heavy atom. The van der Waals surface area contributed by atoms with E-state index in [4.69, 9.17) is 0 Å². The quantitative estimate of drug-likeness (QED) is 0.652. The first kappa shape index (κ1) is 15.7. The highest BCUT2D eigenvalue weighted by Crippen LogP contribution is 2.30. The van der Waals surface area contributed by atoms with Crippen LogP contribution in [0, 0.1) is 10.1 Å². The first-order valence-electron chi connectivity index (χ1n) is 6.56. The smallest absolute Gasteiger partial charge is 0.270 e. The zero-order valence-corrected chi connectivity index (χ0v) is 13.1. The second-order valence-electron chi connectivity index (χ2n) is 4.88. The molecule has 0 bridgehead atoms. The molecular weight excluding hydrogens is 342 g/mol. The standard InChI is InChI=1S/C13H16BrN3O4/c1-9(18)13(19)16-6-4-15(5-7-16)12-3-2-10(17(20)21)8-11(12)14/h2-3,8-9,18H,4-7H2,1H3/t9-/m1/s1. The molecule has 1 heterocycles. The maximum atomic E-state index is 11.7. The van der Waals surface area contributed by atoms with Gasteiger partial charge in [0.25, 0.3) is 11.6 Å². The molecule has 1 aromatic carbocycles. The van der Waals surface area contributed by atoms with Gasteiger partial charge in [0.2, 0.25) is 0 Å². The molecule has 0 unspecified atom stereocenters. The highest BCUT2D eigenvalue weighted by atomic mass is 79.9. The van der Waals surface area contributed by atoms with E-state index in [2.05, 4.69) is 20.8 Å². The van der Waals surface area contributed by atoms with Gasteiger partial charge < -0.3 is 14.9 Å². The third-order valence-electron chi connectivity index (χ3n) is 3.43. The Bertz CT molecular complexity index is 556. The van der Waals surface area contributed by atoms with Gasteiger partial charge in [-0.1, -0.05) is 0 Å². The number of carbonyl (C=O) groups is 1. The largest absolute Gasteiger partial charge is 0.384 e. The van der Waals surface area contributed by atoms with Gasteiger partial charge in [0, 0.05) is 42.8 Å². The Hall–Kier alpha value is -1.67. The van der Waals surface area contributed by atoms with Gasteiger partial charge in [-0.25, -0.2) is 0 Å². The van der Waals surface area contributed by atoms with Crippen LogP contribution in [0.4, 0.5) is 11.4 Å². The number of non-ortho nitro benzene ring substituents is 1. The molecule has 1 aromatic rings. The Morgan fingerprint density at radius 2 is 2.00 bits per heavy atom. The van der Waals surface area contributed by atoms with Crippen molar-refractivity contribution >= 4 is 33.2 Å². The minimum absolute atomic E-state index is 0.0357. The number of anilines is 1. The summed E-state index contributed by atoms with van der Waals surface area (Å²) in [5, 5.41) is 20.0. The molecule has 0 spiro atoms. The van der Waals surface area contributed by atoms with Crippen LogP contribution in [0.15, 0.2) is 22.7 Å². The number of benzene rings is 1. The van der Waals surface area contributed by atoms with Crippen molar-refractivity contribution in [1.29, 1.82) is 0 Å². The number of piperazine rings is 1. The molecule has 1 N–H and O–H groups in total. The fourth-order valence-electron chi connectivity index (χ4n) is 2.30. The molecule has 8 heteroatoms. The summed E-state index contributed by atoms with van der Waals surface area (Å²) in [6.07, 6.45) is -0.984. The van der Waals surface area contributed by atoms with Crippen molar-refractivity contribution in [2.45, 2.75) is 13.0 Å². The van der Waals surface area contributed by atoms with Gasteiger partial charge in [-0.15, -0.1) is 0 Å². The number of aliphatic hydroxyl groups excluding tert-OH is 1. The highest BCUT2D eigenvalue weighted by Gasteiger charge is 2.25. The lowest BCUT2D eigenvalue weighted by molar-refractivity contribution is -0.384. The second kappa shape index (κ2) is 6.40. The van der Waals surface area contributed by atoms with Crippen LogP contribution < -0.4 is 4.90 Å². The first-order chi connectivity index (χ1) is 9.90. The van der Waals surface area contributed by atoms with Crippen molar-refractivity contribution < 1.29 is 14.8 Å². The summed E-state index contributed by atoms with van der Waals surface area (Å²) in [4.78, 5) is 25.7. The number of amides is 1. The van der Waals surface area contributed by atoms with Gasteiger partial charge in [0.1, 0.15) is 6.10 Å². The topological polar surface area (TPSA) is 86.9 Å². The lowest BCUT2D eigenvalue weighted by Gasteiger charge is -2.37. The molecule has 2 rings (SSSR count). The van der Waals surface area contributed by atoms with Crippen molar-refractivity contribution in [3.63, 3.8) is 0 Å². The number of carbonyl (C=O) groups excluding carboxylic acids is 1. The van der Waals surface area contributed by atoms with Crippen LogP contribution in [-0.2, 0) is 4.79 Å². The molecule has 1 fully saturated rings. The lowest BCUT2D eigenvalue weighted by atomic mass is 10.2. The number of nitro benzene ring substituents is 1. The molecule has 1 aliphatic rings. The highest BCUT2D eigenvalue weighted by molar-refractivity contribution is 9.10. The van der Waals surface area contributed by atoms with E-state index in [1.807, 2.05) is 0 Å². The average molecular weight is 358 g/mol. The predicted octanol–water partition coefficient (Wildman–Crippen LogP) is 1.39. The molecular formula is C13H16BrN3O4. The molecule has 0 radical (unpaired) electrons. The van der Waals surface area contributed by atoms with E-state index < -0.39 is 11.0 Å². The summed E-state index contributed by atoms with van der Waals surface area (Å²) in [5.41, 5.74) is 0.901. The molecule has 21 heavy (non-hydrogen) atoms. The van der Waals surface area contributed by atoms with Crippen LogP contribution >= 0.6 is 15.9 Å². The molecule has 1 aliphatic heterocycles. The summed E-state index contributed by atoms with van der Waals surface area (Å²) in [6, 6.07) is 4.64. The SMILES string of the molecule is C[C@@H](O)C(=O)N1CCN(c2ccc([N+](=O)[O-])cc2Br)CC1. The number of nitrogens with zero attached hydrogens (tertiary/aromatic N) is 3. The van der Waals surface area contributed by atoms with Gasteiger partial charge in [-0.2, -0.15) is 0 Å². The molecule has 1 saturated heterocycles. The number of hydrogen-bond donors (Lipinski definition) is 1. The minimum Gasteiger partial charge on any atom is -0.384 e. The summed E-state index contributed by atoms with van der Waals surface area (Å²) >= 11 is 3.35. The minimum atomic E-state index is -0.984. The van der Waals surface area contributed by atoms with E-state index in [9.17, 15) is 20.0 Å².